The Morgan fingerprint density at radius 3 is 2.74 bits per heavy atom. The molecule has 158 valence electrons. The van der Waals surface area contributed by atoms with Gasteiger partial charge in [-0.05, 0) is 48.9 Å². The summed E-state index contributed by atoms with van der Waals surface area (Å²) in [5.74, 6) is 0.269. The summed E-state index contributed by atoms with van der Waals surface area (Å²) in [5, 5.41) is 3.94. The molecule has 2 aromatic carbocycles. The van der Waals surface area contributed by atoms with Gasteiger partial charge in [0.15, 0.2) is 6.73 Å². The number of aromatic nitrogens is 2. The maximum atomic E-state index is 13.0. The molecule has 0 spiro atoms. The van der Waals surface area contributed by atoms with E-state index in [1.54, 1.807) is 18.2 Å². The van der Waals surface area contributed by atoms with Crippen LogP contribution in [0.5, 0.6) is 5.88 Å². The van der Waals surface area contributed by atoms with Crippen molar-refractivity contribution in [3.8, 4) is 5.88 Å². The number of carbonyl (C=O) groups excluding carboxylic acids is 1. The second-order valence-corrected chi connectivity index (χ2v) is 8.40. The molecule has 0 atom stereocenters. The van der Waals surface area contributed by atoms with Crippen LogP contribution in [0.4, 0.5) is 17.3 Å². The van der Waals surface area contributed by atoms with Crippen molar-refractivity contribution < 1.29 is 9.53 Å². The van der Waals surface area contributed by atoms with Gasteiger partial charge in [0, 0.05) is 25.0 Å². The average Bonchev–Trinajstić information content (AvgIpc) is 2.75. The van der Waals surface area contributed by atoms with Crippen LogP contribution >= 0.6 is 23.2 Å². The van der Waals surface area contributed by atoms with Crippen LogP contribution in [0.1, 0.15) is 21.5 Å². The Labute approximate surface area is 189 Å². The number of para-hydroxylation sites is 1. The van der Waals surface area contributed by atoms with Crippen LogP contribution in [0.3, 0.4) is 0 Å². The number of hydrogen-bond donors (Lipinski definition) is 1. The zero-order chi connectivity index (χ0) is 21.5. The molecule has 9 heteroatoms. The van der Waals surface area contributed by atoms with E-state index in [4.69, 9.17) is 27.9 Å². The molecule has 0 saturated carbocycles. The van der Waals surface area contributed by atoms with E-state index in [1.165, 1.54) is 22.2 Å². The Bertz CT molecular complexity index is 1170. The molecule has 2 aliphatic heterocycles. The van der Waals surface area contributed by atoms with Gasteiger partial charge in [0.2, 0.25) is 11.8 Å². The molecule has 0 fully saturated rings. The van der Waals surface area contributed by atoms with E-state index in [-0.39, 0.29) is 24.1 Å². The molecular formula is C22H19Cl2N5O2. The van der Waals surface area contributed by atoms with Gasteiger partial charge >= 0.3 is 0 Å². The van der Waals surface area contributed by atoms with E-state index in [2.05, 4.69) is 39.4 Å². The van der Waals surface area contributed by atoms with Crippen LogP contribution in [0.2, 0.25) is 10.0 Å². The molecule has 3 aromatic rings. The van der Waals surface area contributed by atoms with Gasteiger partial charge in [0.1, 0.15) is 5.56 Å². The number of benzene rings is 2. The molecule has 2 aliphatic rings. The fourth-order valence-corrected chi connectivity index (χ4v) is 4.43. The quantitative estimate of drug-likeness (QED) is 0.626. The van der Waals surface area contributed by atoms with Gasteiger partial charge in [0.05, 0.1) is 15.7 Å². The first-order valence-electron chi connectivity index (χ1n) is 9.82. The van der Waals surface area contributed by atoms with Gasteiger partial charge in [-0.1, -0.05) is 35.3 Å². The third kappa shape index (κ3) is 3.80. The lowest BCUT2D eigenvalue weighted by molar-refractivity contribution is 0.0932. The smallest absolute Gasteiger partial charge is 0.268 e. The number of ether oxygens (including phenoxy) is 1. The average molecular weight is 456 g/mol. The first kappa shape index (κ1) is 20.1. The number of nitrogens with one attached hydrogen (secondary N) is 1. The van der Waals surface area contributed by atoms with E-state index >= 15 is 0 Å². The molecule has 31 heavy (non-hydrogen) atoms. The van der Waals surface area contributed by atoms with Gasteiger partial charge in [-0.2, -0.15) is 4.98 Å². The Morgan fingerprint density at radius 2 is 1.94 bits per heavy atom. The predicted molar refractivity (Wildman–Crippen MR) is 121 cm³/mol. The van der Waals surface area contributed by atoms with E-state index in [0.29, 0.717) is 21.7 Å². The minimum Gasteiger partial charge on any atom is -0.455 e. The molecule has 3 heterocycles. The van der Waals surface area contributed by atoms with Gasteiger partial charge in [-0.15, -0.1) is 0 Å². The lowest BCUT2D eigenvalue weighted by Crippen LogP contribution is -2.39. The maximum absolute atomic E-state index is 13.0. The fraction of sp³-hybridized carbons (Fsp3) is 0.227. The molecule has 0 saturated heterocycles. The van der Waals surface area contributed by atoms with Gasteiger partial charge in [-0.25, -0.2) is 4.98 Å². The zero-order valence-corrected chi connectivity index (χ0v) is 18.2. The number of hydrogen-bond acceptors (Lipinski definition) is 6. The van der Waals surface area contributed by atoms with E-state index in [9.17, 15) is 4.79 Å². The van der Waals surface area contributed by atoms with Crippen molar-refractivity contribution in [3.05, 3.63) is 69.3 Å². The van der Waals surface area contributed by atoms with E-state index < -0.39 is 0 Å². The monoisotopic (exact) mass is 455 g/mol. The zero-order valence-electron chi connectivity index (χ0n) is 16.7. The third-order valence-corrected chi connectivity index (χ3v) is 6.04. The summed E-state index contributed by atoms with van der Waals surface area (Å²) < 4.78 is 5.74. The molecule has 0 radical (unpaired) electrons. The molecule has 1 amide bonds. The topological polar surface area (TPSA) is 70.6 Å². The number of halogens is 2. The first-order valence-corrected chi connectivity index (χ1v) is 10.6. The number of amides is 1. The first-order chi connectivity index (χ1) is 15.0. The highest BCUT2D eigenvalue weighted by Crippen LogP contribution is 2.37. The van der Waals surface area contributed by atoms with Crippen molar-refractivity contribution in [2.24, 2.45) is 0 Å². The van der Waals surface area contributed by atoms with Gasteiger partial charge in [0.25, 0.3) is 5.91 Å². The van der Waals surface area contributed by atoms with Crippen LogP contribution in [0.25, 0.3) is 0 Å². The van der Waals surface area contributed by atoms with Crippen molar-refractivity contribution in [2.75, 3.05) is 30.5 Å². The summed E-state index contributed by atoms with van der Waals surface area (Å²) in [4.78, 5) is 25.4. The number of nitrogens with zero attached hydrogens (tertiary/aromatic N) is 4. The summed E-state index contributed by atoms with van der Waals surface area (Å²) in [7, 11) is 2.12. The van der Waals surface area contributed by atoms with E-state index in [1.807, 2.05) is 6.07 Å². The molecular weight excluding hydrogens is 437 g/mol. The molecule has 0 aliphatic carbocycles. The van der Waals surface area contributed by atoms with Crippen LogP contribution < -0.4 is 15.0 Å². The highest BCUT2D eigenvalue weighted by Gasteiger charge is 2.31. The van der Waals surface area contributed by atoms with Gasteiger partial charge < -0.3 is 15.0 Å². The molecule has 0 bridgehead atoms. The largest absolute Gasteiger partial charge is 0.455 e. The standard InChI is InChI=1S/C22H19Cl2N5O2/c1-28-8-7-13-9-15(6-5-14(13)11-28)26-22-25-10-16-20(27-22)31-12-29(21(16)30)19-17(23)3-2-4-18(19)24/h2-6,9-10H,7-8,11-12H2,1H3,(H,25,26,27). The maximum Gasteiger partial charge on any atom is 0.268 e. The highest BCUT2D eigenvalue weighted by atomic mass is 35.5. The SMILES string of the molecule is CN1CCc2cc(Nc3ncc4c(n3)OCN(c3c(Cl)cccc3Cl)C4=O)ccc2C1. The Hall–Kier alpha value is -2.87. The number of fused-ring (bicyclic) bond motifs is 2. The van der Waals surface area contributed by atoms with Crippen molar-refractivity contribution in [1.29, 1.82) is 0 Å². The summed E-state index contributed by atoms with van der Waals surface area (Å²) in [6.45, 7) is 1.94. The Kier molecular flexibility index (Phi) is 5.17. The van der Waals surface area contributed by atoms with Crippen LogP contribution in [-0.4, -0.2) is 41.1 Å². The van der Waals surface area contributed by atoms with Crippen molar-refractivity contribution in [3.63, 3.8) is 0 Å². The molecule has 5 rings (SSSR count). The lowest BCUT2D eigenvalue weighted by Gasteiger charge is -2.29. The highest BCUT2D eigenvalue weighted by molar-refractivity contribution is 6.40. The Balaban J connectivity index is 1.38. The van der Waals surface area contributed by atoms with Gasteiger partial charge in [-0.3, -0.25) is 9.69 Å². The van der Waals surface area contributed by atoms with Crippen molar-refractivity contribution in [1.82, 2.24) is 14.9 Å². The third-order valence-electron chi connectivity index (χ3n) is 5.43. The van der Waals surface area contributed by atoms with Crippen molar-refractivity contribution in [2.45, 2.75) is 13.0 Å². The number of anilines is 3. The number of rotatable bonds is 3. The van der Waals surface area contributed by atoms with Crippen molar-refractivity contribution >= 4 is 46.4 Å². The second-order valence-electron chi connectivity index (χ2n) is 7.59. The minimum atomic E-state index is -0.319. The summed E-state index contributed by atoms with van der Waals surface area (Å²) >= 11 is 12.5. The van der Waals surface area contributed by atoms with Crippen LogP contribution in [0, 0.1) is 0 Å². The Morgan fingerprint density at radius 1 is 1.13 bits per heavy atom. The lowest BCUT2D eigenvalue weighted by atomic mass is 9.99. The molecule has 1 N–H and O–H groups in total. The minimum absolute atomic E-state index is 0.0435. The molecule has 0 unspecified atom stereocenters. The van der Waals surface area contributed by atoms with E-state index in [0.717, 1.165) is 25.2 Å². The summed E-state index contributed by atoms with van der Waals surface area (Å²) in [6.07, 6.45) is 2.46. The summed E-state index contributed by atoms with van der Waals surface area (Å²) in [5.41, 5.74) is 4.21. The summed E-state index contributed by atoms with van der Waals surface area (Å²) in [6, 6.07) is 11.3. The van der Waals surface area contributed by atoms with Crippen LogP contribution in [0.15, 0.2) is 42.6 Å². The predicted octanol–water partition coefficient (Wildman–Crippen LogP) is 4.51. The number of carbonyl (C=O) groups is 1. The van der Waals surface area contributed by atoms with Crippen LogP contribution in [-0.2, 0) is 13.0 Å². The fourth-order valence-electron chi connectivity index (χ4n) is 3.83. The molecule has 1 aromatic heterocycles. The normalized spacial score (nSPS) is 15.8. The second kappa shape index (κ2) is 8.00. The molecule has 7 nitrogen and oxygen atoms in total. The number of likely N-dealkylation sites (N-methyl/N-ethyl adjacent to an activating group) is 1.